The van der Waals surface area contributed by atoms with Crippen molar-refractivity contribution in [3.8, 4) is 0 Å². The molecule has 1 fully saturated rings. The Morgan fingerprint density at radius 3 is 2.56 bits per heavy atom. The van der Waals surface area contributed by atoms with Gasteiger partial charge in [-0.3, -0.25) is 0 Å². The second-order valence-electron chi connectivity index (χ2n) is 5.26. The third-order valence-electron chi connectivity index (χ3n) is 3.27. The molecule has 1 saturated carbocycles. The Balaban J connectivity index is 1.68. The molecule has 0 saturated heterocycles. The Labute approximate surface area is 97.3 Å². The van der Waals surface area contributed by atoms with Crippen molar-refractivity contribution in [2.45, 2.75) is 32.5 Å². The van der Waals surface area contributed by atoms with E-state index in [0.717, 1.165) is 13.0 Å². The lowest BCUT2D eigenvalue weighted by Crippen LogP contribution is -2.23. The van der Waals surface area contributed by atoms with Gasteiger partial charge < -0.3 is 9.84 Å². The first kappa shape index (κ1) is 11.6. The van der Waals surface area contributed by atoms with E-state index in [4.69, 9.17) is 4.74 Å². The van der Waals surface area contributed by atoms with Crippen LogP contribution in [0.3, 0.4) is 0 Å². The summed E-state index contributed by atoms with van der Waals surface area (Å²) in [4.78, 5) is 0. The molecule has 16 heavy (non-hydrogen) atoms. The van der Waals surface area contributed by atoms with E-state index in [1.54, 1.807) is 0 Å². The number of rotatable bonds is 5. The zero-order valence-corrected chi connectivity index (χ0v) is 10.0. The van der Waals surface area contributed by atoms with E-state index in [1.165, 1.54) is 5.56 Å². The van der Waals surface area contributed by atoms with Crippen LogP contribution in [0.4, 0.5) is 0 Å². The minimum Gasteiger partial charge on any atom is -0.390 e. The largest absolute Gasteiger partial charge is 0.390 e. The molecule has 0 heterocycles. The first-order valence-electron chi connectivity index (χ1n) is 5.91. The highest BCUT2D eigenvalue weighted by atomic mass is 16.5. The van der Waals surface area contributed by atoms with Gasteiger partial charge >= 0.3 is 0 Å². The Hall–Kier alpha value is -0.860. The summed E-state index contributed by atoms with van der Waals surface area (Å²) in [5, 5.41) is 9.79. The third kappa shape index (κ3) is 3.06. The highest BCUT2D eigenvalue weighted by Gasteiger charge is 2.46. The molecule has 2 heteroatoms. The van der Waals surface area contributed by atoms with Gasteiger partial charge in [0.1, 0.15) is 0 Å². The molecule has 1 aromatic carbocycles. The second kappa shape index (κ2) is 4.56. The van der Waals surface area contributed by atoms with Crippen LogP contribution < -0.4 is 0 Å². The molecule has 1 aliphatic carbocycles. The molecule has 1 aromatic rings. The van der Waals surface area contributed by atoms with Gasteiger partial charge in [0.05, 0.1) is 18.8 Å². The summed E-state index contributed by atoms with van der Waals surface area (Å²) in [6.07, 6.45) is 1.10. The first-order valence-corrected chi connectivity index (χ1v) is 5.91. The quantitative estimate of drug-likeness (QED) is 0.826. The fourth-order valence-corrected chi connectivity index (χ4v) is 2.20. The normalized spacial score (nSPS) is 24.4. The van der Waals surface area contributed by atoms with Gasteiger partial charge in [0.2, 0.25) is 0 Å². The van der Waals surface area contributed by atoms with E-state index in [0.29, 0.717) is 18.4 Å². The van der Waals surface area contributed by atoms with E-state index in [2.05, 4.69) is 12.1 Å². The summed E-state index contributed by atoms with van der Waals surface area (Å²) in [5.41, 5.74) is 0.670. The molecule has 2 atom stereocenters. The van der Waals surface area contributed by atoms with Crippen LogP contribution in [-0.4, -0.2) is 17.3 Å². The maximum absolute atomic E-state index is 9.79. The molecule has 1 aliphatic rings. The fourth-order valence-electron chi connectivity index (χ4n) is 2.20. The maximum Gasteiger partial charge on any atom is 0.0717 e. The SMILES string of the molecule is CC(C)(O)[C@H]1C[C@H]1COCc1ccccc1. The number of hydrogen-bond acceptors (Lipinski definition) is 2. The molecule has 0 bridgehead atoms. The molecular formula is C14H20O2. The fraction of sp³-hybridized carbons (Fsp3) is 0.571. The lowest BCUT2D eigenvalue weighted by Gasteiger charge is -2.16. The highest BCUT2D eigenvalue weighted by molar-refractivity contribution is 5.13. The Morgan fingerprint density at radius 2 is 2.00 bits per heavy atom. The molecule has 0 spiro atoms. The van der Waals surface area contributed by atoms with E-state index < -0.39 is 5.60 Å². The Bertz CT molecular complexity index is 326. The molecule has 0 aliphatic heterocycles. The molecule has 88 valence electrons. The van der Waals surface area contributed by atoms with Crippen molar-refractivity contribution in [2.24, 2.45) is 11.8 Å². The summed E-state index contributed by atoms with van der Waals surface area (Å²) in [6.45, 7) is 5.21. The van der Waals surface area contributed by atoms with Gasteiger partial charge in [-0.25, -0.2) is 0 Å². The van der Waals surface area contributed by atoms with Crippen LogP contribution in [0.25, 0.3) is 0 Å². The zero-order valence-electron chi connectivity index (χ0n) is 10.0. The predicted octanol–water partition coefficient (Wildman–Crippen LogP) is 2.61. The van der Waals surface area contributed by atoms with Gasteiger partial charge in [0, 0.05) is 0 Å². The van der Waals surface area contributed by atoms with Crippen molar-refractivity contribution in [2.75, 3.05) is 6.61 Å². The lowest BCUT2D eigenvalue weighted by molar-refractivity contribution is 0.0374. The topological polar surface area (TPSA) is 29.5 Å². The smallest absolute Gasteiger partial charge is 0.0717 e. The average molecular weight is 220 g/mol. The minimum atomic E-state index is -0.541. The van der Waals surface area contributed by atoms with Crippen LogP contribution in [0.15, 0.2) is 30.3 Å². The van der Waals surface area contributed by atoms with Gasteiger partial charge in [-0.2, -0.15) is 0 Å². The lowest BCUT2D eigenvalue weighted by atomic mass is 10.0. The van der Waals surface area contributed by atoms with Crippen molar-refractivity contribution >= 4 is 0 Å². The van der Waals surface area contributed by atoms with Crippen molar-refractivity contribution in [3.05, 3.63) is 35.9 Å². The second-order valence-corrected chi connectivity index (χ2v) is 5.26. The minimum absolute atomic E-state index is 0.420. The summed E-state index contributed by atoms with van der Waals surface area (Å²) in [5.74, 6) is 0.965. The predicted molar refractivity (Wildman–Crippen MR) is 64.0 cm³/mol. The Morgan fingerprint density at radius 1 is 1.31 bits per heavy atom. The number of aliphatic hydroxyl groups is 1. The molecule has 0 radical (unpaired) electrons. The Kier molecular flexibility index (Phi) is 3.31. The highest BCUT2D eigenvalue weighted by Crippen LogP contribution is 2.46. The van der Waals surface area contributed by atoms with E-state index >= 15 is 0 Å². The summed E-state index contributed by atoms with van der Waals surface area (Å²) < 4.78 is 5.66. The first-order chi connectivity index (χ1) is 7.57. The van der Waals surface area contributed by atoms with Crippen molar-refractivity contribution < 1.29 is 9.84 Å². The van der Waals surface area contributed by atoms with Gasteiger partial charge in [-0.1, -0.05) is 30.3 Å². The van der Waals surface area contributed by atoms with Gasteiger partial charge in [0.15, 0.2) is 0 Å². The standard InChI is InChI=1S/C14H20O2/c1-14(2,15)13-8-12(13)10-16-9-11-6-4-3-5-7-11/h3-7,12-13,15H,8-10H2,1-2H3/t12-,13-/m0/s1. The van der Waals surface area contributed by atoms with Crippen molar-refractivity contribution in [3.63, 3.8) is 0 Å². The molecule has 0 amide bonds. The summed E-state index contributed by atoms with van der Waals surface area (Å²) in [6, 6.07) is 10.2. The third-order valence-corrected chi connectivity index (χ3v) is 3.27. The molecule has 1 N–H and O–H groups in total. The summed E-state index contributed by atoms with van der Waals surface area (Å²) in [7, 11) is 0. The zero-order chi connectivity index (χ0) is 11.6. The molecule has 0 aromatic heterocycles. The van der Waals surface area contributed by atoms with Gasteiger partial charge in [-0.15, -0.1) is 0 Å². The summed E-state index contributed by atoms with van der Waals surface area (Å²) >= 11 is 0. The number of benzene rings is 1. The molecular weight excluding hydrogens is 200 g/mol. The van der Waals surface area contributed by atoms with Crippen LogP contribution in [0.2, 0.25) is 0 Å². The average Bonchev–Trinajstić information content (AvgIpc) is 2.98. The van der Waals surface area contributed by atoms with Crippen molar-refractivity contribution in [1.29, 1.82) is 0 Å². The monoisotopic (exact) mass is 220 g/mol. The number of hydrogen-bond donors (Lipinski definition) is 1. The van der Waals surface area contributed by atoms with Gasteiger partial charge in [0.25, 0.3) is 0 Å². The van der Waals surface area contributed by atoms with Crippen LogP contribution in [0.5, 0.6) is 0 Å². The van der Waals surface area contributed by atoms with E-state index in [9.17, 15) is 5.11 Å². The van der Waals surface area contributed by atoms with Gasteiger partial charge in [-0.05, 0) is 37.7 Å². The maximum atomic E-state index is 9.79. The van der Waals surface area contributed by atoms with E-state index in [-0.39, 0.29) is 0 Å². The molecule has 2 rings (SSSR count). The molecule has 0 unspecified atom stereocenters. The van der Waals surface area contributed by atoms with E-state index in [1.807, 2.05) is 32.0 Å². The van der Waals surface area contributed by atoms with Crippen LogP contribution >= 0.6 is 0 Å². The number of ether oxygens (including phenoxy) is 1. The van der Waals surface area contributed by atoms with Crippen LogP contribution in [-0.2, 0) is 11.3 Å². The van der Waals surface area contributed by atoms with Crippen LogP contribution in [0, 0.1) is 11.8 Å². The van der Waals surface area contributed by atoms with Crippen LogP contribution in [0.1, 0.15) is 25.8 Å². The molecule has 2 nitrogen and oxygen atoms in total. The van der Waals surface area contributed by atoms with Crippen molar-refractivity contribution in [1.82, 2.24) is 0 Å².